The van der Waals surface area contributed by atoms with E-state index in [1.807, 2.05) is 7.05 Å². The Hall–Kier alpha value is -2.18. The van der Waals surface area contributed by atoms with E-state index >= 15 is 0 Å². The summed E-state index contributed by atoms with van der Waals surface area (Å²) in [7, 11) is 3.27. The van der Waals surface area contributed by atoms with E-state index in [1.165, 1.54) is 13.4 Å². The smallest absolute Gasteiger partial charge is 0.305 e. The van der Waals surface area contributed by atoms with Gasteiger partial charge in [0, 0.05) is 20.0 Å². The van der Waals surface area contributed by atoms with Crippen molar-refractivity contribution in [1.29, 1.82) is 0 Å². The molecule has 2 aromatic rings. The quantitative estimate of drug-likeness (QED) is 0.610. The van der Waals surface area contributed by atoms with Crippen molar-refractivity contribution >= 4 is 22.8 Å². The molecule has 0 aliphatic heterocycles. The van der Waals surface area contributed by atoms with Gasteiger partial charge < -0.3 is 10.1 Å². The zero-order chi connectivity index (χ0) is 14.4. The third-order valence-corrected chi connectivity index (χ3v) is 3.11. The summed E-state index contributed by atoms with van der Waals surface area (Å²) >= 11 is 0. The van der Waals surface area contributed by atoms with Crippen LogP contribution in [0.3, 0.4) is 0 Å². The molecule has 0 spiro atoms. The van der Waals surface area contributed by atoms with Crippen molar-refractivity contribution in [3.05, 3.63) is 12.5 Å². The molecule has 0 saturated carbocycles. The molecule has 0 radical (unpaired) electrons. The number of hydrogen-bond donors (Lipinski definition) is 1. The summed E-state index contributed by atoms with van der Waals surface area (Å²) in [4.78, 5) is 19.4. The highest BCUT2D eigenvalue weighted by molar-refractivity contribution is 5.85. The number of fused-ring (bicyclic) bond motifs is 1. The molecule has 1 N–H and O–H groups in total. The molecule has 0 amide bonds. The van der Waals surface area contributed by atoms with Crippen LogP contribution in [0, 0.1) is 0 Å². The number of rotatable bonds is 7. The number of carbonyl (C=O) groups is 1. The summed E-state index contributed by atoms with van der Waals surface area (Å²) in [5, 5.41) is 8.37. The van der Waals surface area contributed by atoms with Crippen LogP contribution in [-0.4, -0.2) is 39.4 Å². The molecule has 0 unspecified atom stereocenters. The van der Waals surface area contributed by atoms with Crippen LogP contribution in [0.2, 0.25) is 0 Å². The normalized spacial score (nSPS) is 10.7. The van der Waals surface area contributed by atoms with Gasteiger partial charge in [0.15, 0.2) is 5.65 Å². The van der Waals surface area contributed by atoms with Crippen LogP contribution in [0.25, 0.3) is 11.0 Å². The number of hydrogen-bond acceptors (Lipinski definition) is 6. The first-order chi connectivity index (χ1) is 9.72. The molecule has 0 atom stereocenters. The summed E-state index contributed by atoms with van der Waals surface area (Å²) in [6, 6.07) is 0. The molecule has 2 rings (SSSR count). The Morgan fingerprint density at radius 3 is 3.00 bits per heavy atom. The number of ether oxygens (including phenoxy) is 1. The fourth-order valence-electron chi connectivity index (χ4n) is 1.98. The number of esters is 1. The maximum Gasteiger partial charge on any atom is 0.305 e. The summed E-state index contributed by atoms with van der Waals surface area (Å²) in [5.41, 5.74) is 0.813. The van der Waals surface area contributed by atoms with Gasteiger partial charge in [-0.05, 0) is 12.8 Å². The van der Waals surface area contributed by atoms with Gasteiger partial charge in [-0.1, -0.05) is 6.42 Å². The van der Waals surface area contributed by atoms with Crippen LogP contribution in [0.1, 0.15) is 25.7 Å². The van der Waals surface area contributed by atoms with E-state index in [-0.39, 0.29) is 5.97 Å². The third kappa shape index (κ3) is 3.43. The molecule has 7 nitrogen and oxygen atoms in total. The largest absolute Gasteiger partial charge is 0.469 e. The van der Waals surface area contributed by atoms with Crippen molar-refractivity contribution in [2.45, 2.75) is 25.7 Å². The van der Waals surface area contributed by atoms with E-state index in [2.05, 4.69) is 25.1 Å². The van der Waals surface area contributed by atoms with Crippen molar-refractivity contribution in [3.63, 3.8) is 0 Å². The SMILES string of the molecule is COC(=O)CCCCCNc1ncnc2c1cnn2C. The maximum atomic E-state index is 11.0. The molecular weight excluding hydrogens is 258 g/mol. The molecule has 0 fully saturated rings. The third-order valence-electron chi connectivity index (χ3n) is 3.11. The van der Waals surface area contributed by atoms with E-state index in [1.54, 1.807) is 10.9 Å². The van der Waals surface area contributed by atoms with Gasteiger partial charge in [-0.15, -0.1) is 0 Å². The van der Waals surface area contributed by atoms with Gasteiger partial charge in [0.2, 0.25) is 0 Å². The summed E-state index contributed by atoms with van der Waals surface area (Å²) in [6.45, 7) is 0.808. The standard InChI is InChI=1S/C13H19N5O2/c1-18-13-10(8-17-18)12(15-9-16-13)14-7-5-3-4-6-11(19)20-2/h8-9H,3-7H2,1-2H3,(H,14,15,16). The Bertz CT molecular complexity index is 581. The first-order valence-electron chi connectivity index (χ1n) is 6.65. The Balaban J connectivity index is 1.77. The second-order valence-electron chi connectivity index (χ2n) is 4.54. The lowest BCUT2D eigenvalue weighted by molar-refractivity contribution is -0.140. The van der Waals surface area contributed by atoms with Crippen molar-refractivity contribution in [3.8, 4) is 0 Å². The van der Waals surface area contributed by atoms with Crippen LogP contribution < -0.4 is 5.32 Å². The second kappa shape index (κ2) is 6.83. The maximum absolute atomic E-state index is 11.0. The molecule has 0 saturated heterocycles. The highest BCUT2D eigenvalue weighted by Crippen LogP contribution is 2.17. The molecule has 0 aliphatic rings. The number of anilines is 1. The summed E-state index contributed by atoms with van der Waals surface area (Å²) in [6.07, 6.45) is 6.57. The molecule has 2 heterocycles. The average Bonchev–Trinajstić information content (AvgIpc) is 2.85. The summed E-state index contributed by atoms with van der Waals surface area (Å²) in [5.74, 6) is 0.655. The van der Waals surface area contributed by atoms with Crippen molar-refractivity contribution in [2.75, 3.05) is 19.0 Å². The predicted octanol–water partition coefficient (Wildman–Crippen LogP) is 1.51. The van der Waals surface area contributed by atoms with Crippen LogP contribution in [0.15, 0.2) is 12.5 Å². The highest BCUT2D eigenvalue weighted by atomic mass is 16.5. The van der Waals surface area contributed by atoms with Crippen molar-refractivity contribution in [1.82, 2.24) is 19.7 Å². The van der Waals surface area contributed by atoms with E-state index in [4.69, 9.17) is 0 Å². The Morgan fingerprint density at radius 1 is 1.35 bits per heavy atom. The lowest BCUT2D eigenvalue weighted by Gasteiger charge is -2.06. The molecule has 0 aromatic carbocycles. The van der Waals surface area contributed by atoms with E-state index < -0.39 is 0 Å². The van der Waals surface area contributed by atoms with E-state index in [0.717, 1.165) is 42.7 Å². The fourth-order valence-corrected chi connectivity index (χ4v) is 1.98. The minimum absolute atomic E-state index is 0.147. The van der Waals surface area contributed by atoms with E-state index in [0.29, 0.717) is 6.42 Å². The number of methoxy groups -OCH3 is 1. The first kappa shape index (κ1) is 14.2. The van der Waals surface area contributed by atoms with Gasteiger partial charge in [-0.2, -0.15) is 5.10 Å². The van der Waals surface area contributed by atoms with Gasteiger partial charge in [-0.25, -0.2) is 9.97 Å². The lowest BCUT2D eigenvalue weighted by atomic mass is 10.2. The van der Waals surface area contributed by atoms with Crippen LogP contribution in [0.4, 0.5) is 5.82 Å². The Kier molecular flexibility index (Phi) is 4.86. The van der Waals surface area contributed by atoms with Crippen molar-refractivity contribution < 1.29 is 9.53 Å². The Labute approximate surface area is 117 Å². The monoisotopic (exact) mass is 277 g/mol. The number of aryl methyl sites for hydroxylation is 1. The topological polar surface area (TPSA) is 81.9 Å². The summed E-state index contributed by atoms with van der Waals surface area (Å²) < 4.78 is 6.32. The van der Waals surface area contributed by atoms with Gasteiger partial charge in [0.05, 0.1) is 18.7 Å². The number of nitrogens with zero attached hydrogens (tertiary/aromatic N) is 4. The molecule has 20 heavy (non-hydrogen) atoms. The van der Waals surface area contributed by atoms with Crippen LogP contribution in [0.5, 0.6) is 0 Å². The molecule has 0 bridgehead atoms. The van der Waals surface area contributed by atoms with Crippen molar-refractivity contribution in [2.24, 2.45) is 7.05 Å². The number of aromatic nitrogens is 4. The predicted molar refractivity (Wildman–Crippen MR) is 75.3 cm³/mol. The lowest BCUT2D eigenvalue weighted by Crippen LogP contribution is -2.05. The van der Waals surface area contributed by atoms with Gasteiger partial charge in [0.1, 0.15) is 12.1 Å². The minimum Gasteiger partial charge on any atom is -0.469 e. The van der Waals surface area contributed by atoms with Crippen LogP contribution >= 0.6 is 0 Å². The van der Waals surface area contributed by atoms with E-state index in [9.17, 15) is 4.79 Å². The highest BCUT2D eigenvalue weighted by Gasteiger charge is 2.06. The number of nitrogens with one attached hydrogen (secondary N) is 1. The van der Waals surface area contributed by atoms with Gasteiger partial charge >= 0.3 is 5.97 Å². The second-order valence-corrected chi connectivity index (χ2v) is 4.54. The average molecular weight is 277 g/mol. The van der Waals surface area contributed by atoms with Crippen LogP contribution in [-0.2, 0) is 16.6 Å². The molecule has 108 valence electrons. The Morgan fingerprint density at radius 2 is 2.20 bits per heavy atom. The fraction of sp³-hybridized carbons (Fsp3) is 0.538. The first-order valence-corrected chi connectivity index (χ1v) is 6.65. The minimum atomic E-state index is -0.147. The zero-order valence-electron chi connectivity index (χ0n) is 11.8. The number of carbonyl (C=O) groups excluding carboxylic acids is 1. The molecule has 2 aromatic heterocycles. The molecule has 7 heteroatoms. The molecular formula is C13H19N5O2. The van der Waals surface area contributed by atoms with Gasteiger partial charge in [0.25, 0.3) is 0 Å². The van der Waals surface area contributed by atoms with Gasteiger partial charge in [-0.3, -0.25) is 9.48 Å². The number of unbranched alkanes of at least 4 members (excludes halogenated alkanes) is 2. The zero-order valence-corrected chi connectivity index (χ0v) is 11.8. The molecule has 0 aliphatic carbocycles.